The van der Waals surface area contributed by atoms with E-state index in [2.05, 4.69) is 11.4 Å². The molecule has 2 saturated heterocycles. The lowest BCUT2D eigenvalue weighted by Crippen LogP contribution is -2.24. The number of nitrogens with one attached hydrogen (secondary N) is 1. The van der Waals surface area contributed by atoms with Crippen molar-refractivity contribution in [3.8, 4) is 0 Å². The van der Waals surface area contributed by atoms with Crippen molar-refractivity contribution in [1.82, 2.24) is 5.32 Å². The van der Waals surface area contributed by atoms with Crippen LogP contribution in [0.2, 0.25) is 0 Å². The van der Waals surface area contributed by atoms with Gasteiger partial charge in [0.15, 0.2) is 0 Å². The van der Waals surface area contributed by atoms with Crippen molar-refractivity contribution in [3.63, 3.8) is 0 Å². The van der Waals surface area contributed by atoms with Crippen molar-refractivity contribution in [2.24, 2.45) is 0 Å². The first-order chi connectivity index (χ1) is 5.95. The minimum atomic E-state index is 0.430. The second-order valence-electron chi connectivity index (χ2n) is 3.66. The summed E-state index contributed by atoms with van der Waals surface area (Å²) in [5.41, 5.74) is 1.55. The summed E-state index contributed by atoms with van der Waals surface area (Å²) in [7, 11) is 0. The molecule has 0 aromatic heterocycles. The molecular formula is C10H17NO. The van der Waals surface area contributed by atoms with E-state index in [1.807, 2.05) is 0 Å². The van der Waals surface area contributed by atoms with Crippen molar-refractivity contribution in [1.29, 1.82) is 0 Å². The monoisotopic (exact) mass is 167 g/mol. The van der Waals surface area contributed by atoms with E-state index in [-0.39, 0.29) is 0 Å². The van der Waals surface area contributed by atoms with Gasteiger partial charge in [0.05, 0.1) is 6.10 Å². The smallest absolute Gasteiger partial charge is 0.0759 e. The average molecular weight is 167 g/mol. The minimum absolute atomic E-state index is 0.430. The highest BCUT2D eigenvalue weighted by Gasteiger charge is 2.14. The van der Waals surface area contributed by atoms with Gasteiger partial charge in [0.25, 0.3) is 0 Å². The third-order valence-electron chi connectivity index (χ3n) is 2.59. The van der Waals surface area contributed by atoms with Crippen molar-refractivity contribution >= 4 is 0 Å². The second kappa shape index (κ2) is 4.06. The lowest BCUT2D eigenvalue weighted by molar-refractivity contribution is 0.144. The van der Waals surface area contributed by atoms with Crippen molar-refractivity contribution < 1.29 is 4.74 Å². The standard InChI is InChI=1S/C10H17NO/c1-3-9(8-11-5-1)7-10-4-2-6-12-10/h7,10-11H,1-6,8H2. The number of hydrogen-bond donors (Lipinski definition) is 1. The first-order valence-corrected chi connectivity index (χ1v) is 4.97. The van der Waals surface area contributed by atoms with Gasteiger partial charge in [-0.25, -0.2) is 0 Å². The Morgan fingerprint density at radius 1 is 1.42 bits per heavy atom. The van der Waals surface area contributed by atoms with Crippen molar-refractivity contribution in [3.05, 3.63) is 11.6 Å². The first kappa shape index (κ1) is 8.27. The first-order valence-electron chi connectivity index (χ1n) is 4.97. The van der Waals surface area contributed by atoms with Gasteiger partial charge in [-0.2, -0.15) is 0 Å². The van der Waals surface area contributed by atoms with E-state index in [4.69, 9.17) is 4.74 Å². The van der Waals surface area contributed by atoms with E-state index < -0.39 is 0 Å². The molecule has 0 aromatic carbocycles. The lowest BCUT2D eigenvalue weighted by Gasteiger charge is -2.16. The fraction of sp³-hybridized carbons (Fsp3) is 0.800. The Labute approximate surface area is 74.0 Å². The van der Waals surface area contributed by atoms with Crippen LogP contribution >= 0.6 is 0 Å². The zero-order valence-electron chi connectivity index (χ0n) is 7.51. The summed E-state index contributed by atoms with van der Waals surface area (Å²) in [6.45, 7) is 3.23. The highest BCUT2D eigenvalue weighted by molar-refractivity contribution is 5.09. The van der Waals surface area contributed by atoms with Gasteiger partial charge in [0.2, 0.25) is 0 Å². The highest BCUT2D eigenvalue weighted by Crippen LogP contribution is 2.17. The molecule has 2 heteroatoms. The Morgan fingerprint density at radius 2 is 2.42 bits per heavy atom. The van der Waals surface area contributed by atoms with E-state index in [0.717, 1.165) is 13.2 Å². The summed E-state index contributed by atoms with van der Waals surface area (Å²) in [6, 6.07) is 0. The van der Waals surface area contributed by atoms with Gasteiger partial charge in [-0.1, -0.05) is 11.6 Å². The Morgan fingerprint density at radius 3 is 3.08 bits per heavy atom. The molecule has 0 radical (unpaired) electrons. The van der Waals surface area contributed by atoms with E-state index in [1.165, 1.54) is 32.2 Å². The van der Waals surface area contributed by atoms with Crippen LogP contribution < -0.4 is 5.32 Å². The average Bonchev–Trinajstić information content (AvgIpc) is 2.59. The molecule has 1 unspecified atom stereocenters. The number of hydrogen-bond acceptors (Lipinski definition) is 2. The molecule has 0 aromatic rings. The summed E-state index contributed by atoms with van der Waals surface area (Å²) in [5, 5.41) is 3.38. The molecule has 2 fully saturated rings. The molecule has 0 aliphatic carbocycles. The number of rotatable bonds is 1. The quantitative estimate of drug-likeness (QED) is 0.597. The largest absolute Gasteiger partial charge is 0.374 e. The molecule has 68 valence electrons. The maximum absolute atomic E-state index is 5.55. The molecular weight excluding hydrogens is 150 g/mol. The van der Waals surface area contributed by atoms with Crippen LogP contribution in [0, 0.1) is 0 Å². The Kier molecular flexibility index (Phi) is 2.79. The topological polar surface area (TPSA) is 21.3 Å². The number of piperidine rings is 1. The molecule has 2 heterocycles. The third-order valence-corrected chi connectivity index (χ3v) is 2.59. The van der Waals surface area contributed by atoms with E-state index in [1.54, 1.807) is 5.57 Å². The summed E-state index contributed by atoms with van der Waals surface area (Å²) in [4.78, 5) is 0. The maximum Gasteiger partial charge on any atom is 0.0759 e. The van der Waals surface area contributed by atoms with Crippen LogP contribution in [0.5, 0.6) is 0 Å². The normalized spacial score (nSPS) is 34.3. The molecule has 2 aliphatic heterocycles. The predicted molar refractivity (Wildman–Crippen MR) is 49.2 cm³/mol. The van der Waals surface area contributed by atoms with Crippen LogP contribution in [0.1, 0.15) is 25.7 Å². The van der Waals surface area contributed by atoms with Crippen LogP contribution in [-0.2, 0) is 4.74 Å². The molecule has 1 atom stereocenters. The molecule has 0 saturated carbocycles. The van der Waals surface area contributed by atoms with Crippen molar-refractivity contribution in [2.45, 2.75) is 31.8 Å². The van der Waals surface area contributed by atoms with E-state index >= 15 is 0 Å². The molecule has 0 amide bonds. The molecule has 2 nitrogen and oxygen atoms in total. The molecule has 2 rings (SSSR count). The molecule has 0 spiro atoms. The Hall–Kier alpha value is -0.340. The molecule has 12 heavy (non-hydrogen) atoms. The number of ether oxygens (including phenoxy) is 1. The van der Waals surface area contributed by atoms with Gasteiger partial charge in [-0.15, -0.1) is 0 Å². The Bertz CT molecular complexity index is 163. The Balaban J connectivity index is 1.87. The predicted octanol–water partition coefficient (Wildman–Crippen LogP) is 1.48. The summed E-state index contributed by atoms with van der Waals surface area (Å²) < 4.78 is 5.55. The zero-order chi connectivity index (χ0) is 8.23. The summed E-state index contributed by atoms with van der Waals surface area (Å²) in [5.74, 6) is 0. The van der Waals surface area contributed by atoms with Crippen LogP contribution in [0.15, 0.2) is 11.6 Å². The van der Waals surface area contributed by atoms with Crippen molar-refractivity contribution in [2.75, 3.05) is 19.7 Å². The minimum Gasteiger partial charge on any atom is -0.374 e. The zero-order valence-corrected chi connectivity index (χ0v) is 7.51. The van der Waals surface area contributed by atoms with Gasteiger partial charge in [0.1, 0.15) is 0 Å². The van der Waals surface area contributed by atoms with Crippen LogP contribution in [0.3, 0.4) is 0 Å². The van der Waals surface area contributed by atoms with Gasteiger partial charge in [-0.05, 0) is 32.2 Å². The molecule has 0 bridgehead atoms. The molecule has 2 aliphatic rings. The maximum atomic E-state index is 5.55. The van der Waals surface area contributed by atoms with Crippen LogP contribution in [0.4, 0.5) is 0 Å². The second-order valence-corrected chi connectivity index (χ2v) is 3.66. The summed E-state index contributed by atoms with van der Waals surface area (Å²) >= 11 is 0. The summed E-state index contributed by atoms with van der Waals surface area (Å²) in [6.07, 6.45) is 7.79. The molecule has 1 N–H and O–H groups in total. The van der Waals surface area contributed by atoms with E-state index in [9.17, 15) is 0 Å². The van der Waals surface area contributed by atoms with E-state index in [0.29, 0.717) is 6.10 Å². The fourth-order valence-corrected chi connectivity index (χ4v) is 1.92. The van der Waals surface area contributed by atoms with Gasteiger partial charge >= 0.3 is 0 Å². The van der Waals surface area contributed by atoms with Gasteiger partial charge in [-0.3, -0.25) is 0 Å². The van der Waals surface area contributed by atoms with Gasteiger partial charge in [0, 0.05) is 13.2 Å². The van der Waals surface area contributed by atoms with Crippen LogP contribution in [-0.4, -0.2) is 25.8 Å². The highest BCUT2D eigenvalue weighted by atomic mass is 16.5. The SMILES string of the molecule is C(=C1CCCNC1)C1CCCO1. The van der Waals surface area contributed by atoms with Gasteiger partial charge < -0.3 is 10.1 Å². The van der Waals surface area contributed by atoms with Crippen LogP contribution in [0.25, 0.3) is 0 Å². The third kappa shape index (κ3) is 2.08. The lowest BCUT2D eigenvalue weighted by atomic mass is 10.0. The fourth-order valence-electron chi connectivity index (χ4n) is 1.92.